The molecule has 0 aliphatic heterocycles. The second-order valence-electron chi connectivity index (χ2n) is 2.26. The zero-order valence-corrected chi connectivity index (χ0v) is 6.91. The van der Waals surface area contributed by atoms with E-state index in [-0.39, 0.29) is 5.97 Å². The average Bonchev–Trinajstić information content (AvgIpc) is 2.05. The molecule has 0 rings (SSSR count). The standard InChI is InChI=1S/C8H14O3/c1-4-6(7(9)5-2)8(10)11-3/h5-7,9H,2,4H2,1,3H3. The van der Waals surface area contributed by atoms with E-state index in [1.807, 2.05) is 6.92 Å². The number of hydrogen-bond acceptors (Lipinski definition) is 3. The van der Waals surface area contributed by atoms with Gasteiger partial charge in [-0.2, -0.15) is 0 Å². The summed E-state index contributed by atoms with van der Waals surface area (Å²) >= 11 is 0. The first kappa shape index (κ1) is 10.2. The van der Waals surface area contributed by atoms with Gasteiger partial charge in [0.2, 0.25) is 0 Å². The van der Waals surface area contributed by atoms with Crippen LogP contribution in [-0.4, -0.2) is 24.3 Å². The Hall–Kier alpha value is -0.830. The molecule has 2 unspecified atom stereocenters. The van der Waals surface area contributed by atoms with Crippen LogP contribution in [0.2, 0.25) is 0 Å². The smallest absolute Gasteiger partial charge is 0.311 e. The number of ether oxygens (including phenoxy) is 1. The van der Waals surface area contributed by atoms with Gasteiger partial charge in [0.05, 0.1) is 19.1 Å². The molecule has 0 aromatic rings. The van der Waals surface area contributed by atoms with Crippen molar-refractivity contribution in [2.24, 2.45) is 5.92 Å². The highest BCUT2D eigenvalue weighted by atomic mass is 16.5. The molecule has 0 heterocycles. The molecule has 0 aliphatic carbocycles. The summed E-state index contributed by atoms with van der Waals surface area (Å²) in [6.45, 7) is 5.20. The van der Waals surface area contributed by atoms with Gasteiger partial charge < -0.3 is 9.84 Å². The van der Waals surface area contributed by atoms with Crippen molar-refractivity contribution < 1.29 is 14.6 Å². The Labute approximate surface area is 66.7 Å². The molecule has 0 saturated heterocycles. The minimum atomic E-state index is -0.799. The van der Waals surface area contributed by atoms with Crippen LogP contribution in [0.15, 0.2) is 12.7 Å². The summed E-state index contributed by atoms with van der Waals surface area (Å²) in [6.07, 6.45) is 1.10. The Bertz CT molecular complexity index is 142. The van der Waals surface area contributed by atoms with Crippen molar-refractivity contribution in [2.75, 3.05) is 7.11 Å². The molecular formula is C8H14O3. The Morgan fingerprint density at radius 3 is 2.64 bits per heavy atom. The second kappa shape index (κ2) is 4.91. The van der Waals surface area contributed by atoms with Gasteiger partial charge >= 0.3 is 5.97 Å². The maximum atomic E-state index is 10.9. The molecule has 3 heteroatoms. The van der Waals surface area contributed by atoms with E-state index < -0.39 is 12.0 Å². The normalized spacial score (nSPS) is 15.2. The van der Waals surface area contributed by atoms with Crippen molar-refractivity contribution in [1.29, 1.82) is 0 Å². The molecule has 1 N–H and O–H groups in total. The lowest BCUT2D eigenvalue weighted by atomic mass is 10.00. The Kier molecular flexibility index (Phi) is 4.54. The van der Waals surface area contributed by atoms with Gasteiger partial charge in [0, 0.05) is 0 Å². The number of aliphatic hydroxyl groups is 1. The number of methoxy groups -OCH3 is 1. The first-order valence-electron chi connectivity index (χ1n) is 3.55. The molecule has 64 valence electrons. The third-order valence-electron chi connectivity index (χ3n) is 1.60. The number of carbonyl (C=O) groups is 1. The molecule has 2 atom stereocenters. The Morgan fingerprint density at radius 2 is 2.36 bits per heavy atom. The summed E-state index contributed by atoms with van der Waals surface area (Å²) in [4.78, 5) is 10.9. The SMILES string of the molecule is C=CC(O)C(CC)C(=O)OC. The van der Waals surface area contributed by atoms with Crippen LogP contribution in [0.1, 0.15) is 13.3 Å². The molecule has 3 nitrogen and oxygen atoms in total. The molecule has 0 amide bonds. The van der Waals surface area contributed by atoms with Crippen LogP contribution in [0.3, 0.4) is 0 Å². The van der Waals surface area contributed by atoms with Gasteiger partial charge in [-0.25, -0.2) is 0 Å². The fraction of sp³-hybridized carbons (Fsp3) is 0.625. The van der Waals surface area contributed by atoms with Gasteiger partial charge in [0.25, 0.3) is 0 Å². The third-order valence-corrected chi connectivity index (χ3v) is 1.60. The second-order valence-corrected chi connectivity index (χ2v) is 2.26. The zero-order valence-electron chi connectivity index (χ0n) is 6.91. The Morgan fingerprint density at radius 1 is 1.82 bits per heavy atom. The van der Waals surface area contributed by atoms with Crippen LogP contribution < -0.4 is 0 Å². The lowest BCUT2D eigenvalue weighted by Gasteiger charge is -2.15. The topological polar surface area (TPSA) is 46.5 Å². The van der Waals surface area contributed by atoms with Crippen LogP contribution in [0.5, 0.6) is 0 Å². The summed E-state index contributed by atoms with van der Waals surface area (Å²) in [5.74, 6) is -0.864. The van der Waals surface area contributed by atoms with Crippen molar-refractivity contribution in [3.8, 4) is 0 Å². The molecule has 0 aromatic carbocycles. The van der Waals surface area contributed by atoms with E-state index >= 15 is 0 Å². The van der Waals surface area contributed by atoms with E-state index in [4.69, 9.17) is 0 Å². The van der Waals surface area contributed by atoms with Gasteiger partial charge in [0.15, 0.2) is 0 Å². The minimum absolute atomic E-state index is 0.389. The molecule has 0 bridgehead atoms. The quantitative estimate of drug-likeness (QED) is 0.484. The molecule has 0 aromatic heterocycles. The highest BCUT2D eigenvalue weighted by Gasteiger charge is 2.22. The first-order chi connectivity index (χ1) is 5.17. The number of aliphatic hydroxyl groups excluding tert-OH is 1. The van der Waals surface area contributed by atoms with Crippen LogP contribution in [0.25, 0.3) is 0 Å². The van der Waals surface area contributed by atoms with Crippen LogP contribution >= 0.6 is 0 Å². The third kappa shape index (κ3) is 2.72. The summed E-state index contributed by atoms with van der Waals surface area (Å²) in [5.41, 5.74) is 0. The highest BCUT2D eigenvalue weighted by molar-refractivity contribution is 5.73. The van der Waals surface area contributed by atoms with E-state index in [0.29, 0.717) is 6.42 Å². The zero-order chi connectivity index (χ0) is 8.85. The number of carbonyl (C=O) groups excluding carboxylic acids is 1. The van der Waals surface area contributed by atoms with Gasteiger partial charge in [0.1, 0.15) is 0 Å². The maximum absolute atomic E-state index is 10.9. The monoisotopic (exact) mass is 158 g/mol. The largest absolute Gasteiger partial charge is 0.469 e. The van der Waals surface area contributed by atoms with Crippen LogP contribution in [0.4, 0.5) is 0 Å². The van der Waals surface area contributed by atoms with Crippen LogP contribution in [-0.2, 0) is 9.53 Å². The van der Waals surface area contributed by atoms with Crippen molar-refractivity contribution >= 4 is 5.97 Å². The van der Waals surface area contributed by atoms with Crippen molar-refractivity contribution in [3.05, 3.63) is 12.7 Å². The fourth-order valence-corrected chi connectivity index (χ4v) is 0.863. The van der Waals surface area contributed by atoms with Gasteiger partial charge in [-0.3, -0.25) is 4.79 Å². The molecule has 0 saturated carbocycles. The van der Waals surface area contributed by atoms with Gasteiger partial charge in [-0.15, -0.1) is 6.58 Å². The van der Waals surface area contributed by atoms with E-state index in [9.17, 15) is 9.90 Å². The molecule has 11 heavy (non-hydrogen) atoms. The molecule has 0 spiro atoms. The van der Waals surface area contributed by atoms with Crippen molar-refractivity contribution in [1.82, 2.24) is 0 Å². The predicted molar refractivity (Wildman–Crippen MR) is 42.0 cm³/mol. The molecular weight excluding hydrogens is 144 g/mol. The van der Waals surface area contributed by atoms with E-state index in [1.165, 1.54) is 13.2 Å². The van der Waals surface area contributed by atoms with Crippen LogP contribution in [0, 0.1) is 5.92 Å². The number of hydrogen-bond donors (Lipinski definition) is 1. The first-order valence-corrected chi connectivity index (χ1v) is 3.55. The summed E-state index contributed by atoms with van der Waals surface area (Å²) in [5, 5.41) is 9.20. The summed E-state index contributed by atoms with van der Waals surface area (Å²) in [7, 11) is 1.31. The maximum Gasteiger partial charge on any atom is 0.311 e. The van der Waals surface area contributed by atoms with Gasteiger partial charge in [-0.1, -0.05) is 13.0 Å². The lowest BCUT2D eigenvalue weighted by molar-refractivity contribution is -0.148. The average molecular weight is 158 g/mol. The fourth-order valence-electron chi connectivity index (χ4n) is 0.863. The summed E-state index contributed by atoms with van der Waals surface area (Å²) < 4.78 is 4.48. The number of esters is 1. The molecule has 0 aliphatic rings. The molecule has 0 fully saturated rings. The highest BCUT2D eigenvalue weighted by Crippen LogP contribution is 2.10. The van der Waals surface area contributed by atoms with E-state index in [2.05, 4.69) is 11.3 Å². The van der Waals surface area contributed by atoms with Crippen molar-refractivity contribution in [3.63, 3.8) is 0 Å². The molecule has 0 radical (unpaired) electrons. The lowest BCUT2D eigenvalue weighted by Crippen LogP contribution is -2.26. The Balaban J connectivity index is 4.14. The predicted octanol–water partition coefficient (Wildman–Crippen LogP) is 0.732. The van der Waals surface area contributed by atoms with Gasteiger partial charge in [-0.05, 0) is 6.42 Å². The van der Waals surface area contributed by atoms with E-state index in [1.54, 1.807) is 0 Å². The minimum Gasteiger partial charge on any atom is -0.469 e. The number of rotatable bonds is 4. The van der Waals surface area contributed by atoms with E-state index in [0.717, 1.165) is 0 Å². The summed E-state index contributed by atoms with van der Waals surface area (Å²) in [6, 6.07) is 0. The van der Waals surface area contributed by atoms with Crippen molar-refractivity contribution in [2.45, 2.75) is 19.4 Å².